The highest BCUT2D eigenvalue weighted by molar-refractivity contribution is 9.10. The zero-order chi connectivity index (χ0) is 14.9. The number of hydrogen-bond donors (Lipinski definition) is 2. The Bertz CT molecular complexity index is 694. The number of thiophene rings is 1. The Morgan fingerprint density at radius 3 is 2.60 bits per heavy atom. The molecule has 1 aromatic heterocycles. The monoisotopic (exact) mass is 352 g/mol. The van der Waals surface area contributed by atoms with Crippen LogP contribution in [0.3, 0.4) is 0 Å². The van der Waals surface area contributed by atoms with E-state index < -0.39 is 5.91 Å². The van der Waals surface area contributed by atoms with Crippen LogP contribution >= 0.6 is 27.3 Å². The van der Waals surface area contributed by atoms with Gasteiger partial charge in [0.2, 0.25) is 0 Å². The zero-order valence-corrected chi connectivity index (χ0v) is 13.4. The molecule has 4 nitrogen and oxygen atoms in total. The molecule has 0 bridgehead atoms. The van der Waals surface area contributed by atoms with Gasteiger partial charge < -0.3 is 11.1 Å². The summed E-state index contributed by atoms with van der Waals surface area (Å²) in [5.41, 5.74) is 7.09. The van der Waals surface area contributed by atoms with Crippen molar-refractivity contribution in [3.63, 3.8) is 0 Å². The Morgan fingerprint density at radius 2 is 2.00 bits per heavy atom. The number of hydrogen-bond acceptors (Lipinski definition) is 3. The fraction of sp³-hybridized carbons (Fsp3) is 0.143. The molecule has 104 valence electrons. The molecule has 0 radical (unpaired) electrons. The van der Waals surface area contributed by atoms with E-state index in [-0.39, 0.29) is 5.91 Å². The van der Waals surface area contributed by atoms with Crippen molar-refractivity contribution in [2.24, 2.45) is 5.73 Å². The summed E-state index contributed by atoms with van der Waals surface area (Å²) < 4.78 is 0.818. The number of amides is 2. The largest absolute Gasteiger partial charge is 0.365 e. The van der Waals surface area contributed by atoms with E-state index >= 15 is 0 Å². The molecule has 0 saturated carbocycles. The third-order valence-corrected chi connectivity index (χ3v) is 4.56. The van der Waals surface area contributed by atoms with E-state index in [2.05, 4.69) is 21.2 Å². The van der Waals surface area contributed by atoms with Crippen molar-refractivity contribution in [2.75, 3.05) is 5.32 Å². The first-order chi connectivity index (χ1) is 9.40. The molecular weight excluding hydrogens is 340 g/mol. The van der Waals surface area contributed by atoms with E-state index in [1.807, 2.05) is 19.9 Å². The minimum Gasteiger partial charge on any atom is -0.365 e. The number of primary amides is 1. The molecule has 6 heteroatoms. The van der Waals surface area contributed by atoms with Gasteiger partial charge in [-0.15, -0.1) is 11.3 Å². The highest BCUT2D eigenvalue weighted by atomic mass is 79.9. The summed E-state index contributed by atoms with van der Waals surface area (Å²) in [6, 6.07) is 7.04. The molecule has 0 atom stereocenters. The van der Waals surface area contributed by atoms with E-state index in [1.54, 1.807) is 18.2 Å². The third-order valence-electron chi connectivity index (χ3n) is 2.95. The highest BCUT2D eigenvalue weighted by Crippen LogP contribution is 2.32. The maximum atomic E-state index is 12.2. The van der Waals surface area contributed by atoms with Gasteiger partial charge in [0.1, 0.15) is 5.00 Å². The Balaban J connectivity index is 2.33. The summed E-state index contributed by atoms with van der Waals surface area (Å²) in [5, 5.41) is 3.25. The lowest BCUT2D eigenvalue weighted by Crippen LogP contribution is -2.17. The first-order valence-electron chi connectivity index (χ1n) is 5.87. The van der Waals surface area contributed by atoms with Crippen molar-refractivity contribution in [1.29, 1.82) is 0 Å². The van der Waals surface area contributed by atoms with Crippen LogP contribution in [0.15, 0.2) is 28.7 Å². The fourth-order valence-electron chi connectivity index (χ4n) is 1.82. The summed E-state index contributed by atoms with van der Waals surface area (Å²) >= 11 is 4.67. The van der Waals surface area contributed by atoms with E-state index in [0.717, 1.165) is 14.9 Å². The van der Waals surface area contributed by atoms with Crippen molar-refractivity contribution in [1.82, 2.24) is 0 Å². The number of halogens is 1. The van der Waals surface area contributed by atoms with Crippen molar-refractivity contribution >= 4 is 44.1 Å². The summed E-state index contributed by atoms with van der Waals surface area (Å²) in [5.74, 6) is -0.800. The van der Waals surface area contributed by atoms with Crippen molar-refractivity contribution in [3.8, 4) is 0 Å². The molecule has 0 fully saturated rings. The molecule has 1 heterocycles. The molecule has 1 aromatic carbocycles. The Kier molecular flexibility index (Phi) is 4.25. The van der Waals surface area contributed by atoms with Gasteiger partial charge in [0, 0.05) is 14.9 Å². The van der Waals surface area contributed by atoms with Crippen LogP contribution in [0.1, 0.15) is 31.2 Å². The number of rotatable bonds is 3. The molecule has 0 aliphatic heterocycles. The zero-order valence-electron chi connectivity index (χ0n) is 11.0. The average Bonchev–Trinajstić information content (AvgIpc) is 2.64. The molecule has 20 heavy (non-hydrogen) atoms. The second-order valence-electron chi connectivity index (χ2n) is 4.32. The first-order valence-corrected chi connectivity index (χ1v) is 7.48. The maximum Gasteiger partial charge on any atom is 0.256 e. The summed E-state index contributed by atoms with van der Waals surface area (Å²) in [6.07, 6.45) is 0. The molecule has 0 unspecified atom stereocenters. The molecule has 2 rings (SSSR count). The molecule has 2 amide bonds. The van der Waals surface area contributed by atoms with Gasteiger partial charge in [-0.1, -0.05) is 22.0 Å². The predicted octanol–water partition coefficient (Wildman–Crippen LogP) is 3.48. The molecule has 3 N–H and O–H groups in total. The van der Waals surface area contributed by atoms with Crippen molar-refractivity contribution < 1.29 is 9.59 Å². The van der Waals surface area contributed by atoms with Crippen LogP contribution in [0, 0.1) is 13.8 Å². The summed E-state index contributed by atoms with van der Waals surface area (Å²) in [6.45, 7) is 3.71. The van der Waals surface area contributed by atoms with Gasteiger partial charge in [-0.2, -0.15) is 0 Å². The van der Waals surface area contributed by atoms with Gasteiger partial charge in [0.05, 0.1) is 5.56 Å². The van der Waals surface area contributed by atoms with Crippen LogP contribution < -0.4 is 11.1 Å². The number of carbonyl (C=O) groups is 2. The normalized spacial score (nSPS) is 10.3. The van der Waals surface area contributed by atoms with Crippen molar-refractivity contribution in [2.45, 2.75) is 13.8 Å². The predicted molar refractivity (Wildman–Crippen MR) is 84.4 cm³/mol. The van der Waals surface area contributed by atoms with Crippen molar-refractivity contribution in [3.05, 3.63) is 50.3 Å². The average molecular weight is 353 g/mol. The number of aryl methyl sites for hydroxylation is 1. The quantitative estimate of drug-likeness (QED) is 0.887. The number of nitrogens with one attached hydrogen (secondary N) is 1. The topological polar surface area (TPSA) is 72.2 Å². The third kappa shape index (κ3) is 2.91. The van der Waals surface area contributed by atoms with Crippen LogP contribution in [0.5, 0.6) is 0 Å². The van der Waals surface area contributed by atoms with Gasteiger partial charge >= 0.3 is 0 Å². The number of anilines is 1. The van der Waals surface area contributed by atoms with Gasteiger partial charge in [0.25, 0.3) is 11.8 Å². The standard InChI is InChI=1S/C14H13BrN2O2S/c1-7-8(2)20-14(11(7)12(16)18)17-13(19)9-4-3-5-10(15)6-9/h3-6H,1-2H3,(H2,16,18)(H,17,19). The first kappa shape index (κ1) is 14.7. The Labute approximate surface area is 129 Å². The minimum atomic E-state index is -0.531. The van der Waals surface area contributed by atoms with E-state index in [4.69, 9.17) is 5.73 Å². The van der Waals surface area contributed by atoms with Crippen LogP contribution in [0.4, 0.5) is 5.00 Å². The van der Waals surface area contributed by atoms with E-state index in [9.17, 15) is 9.59 Å². The van der Waals surface area contributed by atoms with Gasteiger partial charge in [-0.05, 0) is 37.6 Å². The smallest absolute Gasteiger partial charge is 0.256 e. The molecule has 0 saturated heterocycles. The Morgan fingerprint density at radius 1 is 1.30 bits per heavy atom. The lowest BCUT2D eigenvalue weighted by atomic mass is 10.1. The molecule has 2 aromatic rings. The van der Waals surface area contributed by atoms with Crippen LogP contribution in [-0.2, 0) is 0 Å². The maximum absolute atomic E-state index is 12.2. The Hall–Kier alpha value is -1.66. The summed E-state index contributed by atoms with van der Waals surface area (Å²) in [7, 11) is 0. The molecular formula is C14H13BrN2O2S. The fourth-order valence-corrected chi connectivity index (χ4v) is 3.28. The highest BCUT2D eigenvalue weighted by Gasteiger charge is 2.19. The van der Waals surface area contributed by atoms with Crippen LogP contribution in [-0.4, -0.2) is 11.8 Å². The van der Waals surface area contributed by atoms with E-state index in [0.29, 0.717) is 16.1 Å². The second kappa shape index (κ2) is 5.76. The second-order valence-corrected chi connectivity index (χ2v) is 6.46. The number of nitrogens with two attached hydrogens (primary N) is 1. The molecule has 0 aliphatic rings. The van der Waals surface area contributed by atoms with Gasteiger partial charge in [0.15, 0.2) is 0 Å². The lowest BCUT2D eigenvalue weighted by molar-refractivity contribution is 0.100. The summed E-state index contributed by atoms with van der Waals surface area (Å²) in [4.78, 5) is 24.6. The molecule has 0 spiro atoms. The van der Waals surface area contributed by atoms with Crippen LogP contribution in [0.2, 0.25) is 0 Å². The van der Waals surface area contributed by atoms with Crippen LogP contribution in [0.25, 0.3) is 0 Å². The minimum absolute atomic E-state index is 0.268. The molecule has 0 aliphatic carbocycles. The van der Waals surface area contributed by atoms with Gasteiger partial charge in [-0.3, -0.25) is 9.59 Å². The number of benzene rings is 1. The number of carbonyl (C=O) groups excluding carboxylic acids is 2. The van der Waals surface area contributed by atoms with Gasteiger partial charge in [-0.25, -0.2) is 0 Å². The van der Waals surface area contributed by atoms with E-state index in [1.165, 1.54) is 11.3 Å². The lowest BCUT2D eigenvalue weighted by Gasteiger charge is -2.05. The SMILES string of the molecule is Cc1sc(NC(=O)c2cccc(Br)c2)c(C(N)=O)c1C.